The second kappa shape index (κ2) is 5.38. The lowest BCUT2D eigenvalue weighted by molar-refractivity contribution is 0.0698. The van der Waals surface area contributed by atoms with Crippen LogP contribution < -0.4 is 11.1 Å². The first-order chi connectivity index (χ1) is 9.08. The summed E-state index contributed by atoms with van der Waals surface area (Å²) in [6, 6.07) is 1.34. The lowest BCUT2D eigenvalue weighted by atomic mass is 10.2. The van der Waals surface area contributed by atoms with Crippen molar-refractivity contribution in [2.75, 3.05) is 17.6 Å². The Kier molecular flexibility index (Phi) is 3.65. The molecule has 2 heterocycles. The second-order valence-corrected chi connectivity index (χ2v) is 4.09. The Labute approximate surface area is 110 Å². The van der Waals surface area contributed by atoms with Crippen molar-refractivity contribution in [1.29, 1.82) is 0 Å². The Balaban J connectivity index is 2.03. The van der Waals surface area contributed by atoms with E-state index >= 15 is 0 Å². The molecule has 0 fully saturated rings. The number of carboxylic acid groups (broad SMARTS) is 1. The number of pyridine rings is 1. The summed E-state index contributed by atoms with van der Waals surface area (Å²) in [6.45, 7) is 0.566. The Morgan fingerprint density at radius 2 is 2.32 bits per heavy atom. The monoisotopic (exact) mass is 261 g/mol. The molecule has 7 heteroatoms. The van der Waals surface area contributed by atoms with Gasteiger partial charge in [0.05, 0.1) is 17.4 Å². The zero-order valence-electron chi connectivity index (χ0n) is 10.5. The third kappa shape index (κ3) is 3.01. The van der Waals surface area contributed by atoms with E-state index < -0.39 is 5.97 Å². The summed E-state index contributed by atoms with van der Waals surface area (Å²) >= 11 is 0. The van der Waals surface area contributed by atoms with Crippen molar-refractivity contribution in [2.45, 2.75) is 6.42 Å². The number of carbonyl (C=O) groups is 1. The zero-order valence-corrected chi connectivity index (χ0v) is 10.5. The van der Waals surface area contributed by atoms with Crippen LogP contribution in [-0.2, 0) is 13.5 Å². The first-order valence-corrected chi connectivity index (χ1v) is 5.77. The number of anilines is 2. The van der Waals surface area contributed by atoms with Crippen LogP contribution in [-0.4, -0.2) is 32.2 Å². The lowest BCUT2D eigenvalue weighted by Gasteiger charge is -2.09. The summed E-state index contributed by atoms with van der Waals surface area (Å²) in [5.41, 5.74) is 6.05. The number of aryl methyl sites for hydroxylation is 1. The predicted molar refractivity (Wildman–Crippen MR) is 71.0 cm³/mol. The predicted octanol–water partition coefficient (Wildman–Crippen LogP) is 0.750. The van der Waals surface area contributed by atoms with Gasteiger partial charge < -0.3 is 20.7 Å². The van der Waals surface area contributed by atoms with Crippen LogP contribution in [0.1, 0.15) is 16.2 Å². The van der Waals surface area contributed by atoms with Crippen molar-refractivity contribution in [1.82, 2.24) is 14.5 Å². The number of nitrogen functional groups attached to an aromatic ring is 1. The molecule has 2 aromatic heterocycles. The molecule has 7 nitrogen and oxygen atoms in total. The fraction of sp³-hybridized carbons (Fsp3) is 0.250. The smallest absolute Gasteiger partial charge is 0.337 e. The molecule has 0 spiro atoms. The molecule has 2 aromatic rings. The number of aromatic carboxylic acids is 1. The minimum Gasteiger partial charge on any atom is -0.478 e. The van der Waals surface area contributed by atoms with Crippen LogP contribution in [0, 0.1) is 0 Å². The Bertz CT molecular complexity index is 594. The van der Waals surface area contributed by atoms with Crippen molar-refractivity contribution in [3.8, 4) is 0 Å². The standard InChI is InChI=1S/C12H15N5O2/c1-17-5-4-15-11(17)2-3-14-9-7-16-10(13)6-8(9)12(18)19/h4-7,14H,2-3H2,1H3,(H2,13,16)(H,18,19). The summed E-state index contributed by atoms with van der Waals surface area (Å²) < 4.78 is 1.92. The van der Waals surface area contributed by atoms with E-state index in [-0.39, 0.29) is 11.4 Å². The van der Waals surface area contributed by atoms with E-state index in [1.807, 2.05) is 17.8 Å². The highest BCUT2D eigenvalue weighted by Crippen LogP contribution is 2.16. The minimum atomic E-state index is -1.03. The molecule has 0 aliphatic rings. The average molecular weight is 261 g/mol. The quantitative estimate of drug-likeness (QED) is 0.733. The fourth-order valence-electron chi connectivity index (χ4n) is 1.74. The Hall–Kier alpha value is -2.57. The number of hydrogen-bond acceptors (Lipinski definition) is 5. The molecule has 0 unspecified atom stereocenters. The van der Waals surface area contributed by atoms with Gasteiger partial charge in [0.2, 0.25) is 0 Å². The molecule has 0 aliphatic carbocycles. The molecule has 100 valence electrons. The molecular formula is C12H15N5O2. The first-order valence-electron chi connectivity index (χ1n) is 5.77. The number of aromatic nitrogens is 3. The minimum absolute atomic E-state index is 0.118. The number of rotatable bonds is 5. The third-order valence-electron chi connectivity index (χ3n) is 2.74. The van der Waals surface area contributed by atoms with Crippen LogP contribution in [0.15, 0.2) is 24.7 Å². The van der Waals surface area contributed by atoms with Crippen LogP contribution in [0.25, 0.3) is 0 Å². The highest BCUT2D eigenvalue weighted by atomic mass is 16.4. The maximum absolute atomic E-state index is 11.1. The van der Waals surface area contributed by atoms with Crippen LogP contribution in [0.2, 0.25) is 0 Å². The zero-order chi connectivity index (χ0) is 13.8. The number of nitrogens with zero attached hydrogens (tertiary/aromatic N) is 3. The number of nitrogens with one attached hydrogen (secondary N) is 1. The van der Waals surface area contributed by atoms with E-state index in [1.165, 1.54) is 12.3 Å². The molecule has 0 saturated carbocycles. The van der Waals surface area contributed by atoms with Gasteiger partial charge in [-0.15, -0.1) is 0 Å². The molecule has 0 saturated heterocycles. The normalized spacial score (nSPS) is 10.4. The SMILES string of the molecule is Cn1ccnc1CCNc1cnc(N)cc1C(=O)O. The third-order valence-corrected chi connectivity index (χ3v) is 2.74. The van der Waals surface area contributed by atoms with Gasteiger partial charge in [-0.3, -0.25) is 0 Å². The van der Waals surface area contributed by atoms with E-state index in [4.69, 9.17) is 10.8 Å². The first kappa shape index (κ1) is 12.9. The van der Waals surface area contributed by atoms with Gasteiger partial charge in [0.1, 0.15) is 11.6 Å². The molecule has 0 aromatic carbocycles. The second-order valence-electron chi connectivity index (χ2n) is 4.09. The molecule has 0 atom stereocenters. The van der Waals surface area contributed by atoms with Crippen LogP contribution in [0.4, 0.5) is 11.5 Å². The molecule has 2 rings (SSSR count). The van der Waals surface area contributed by atoms with Gasteiger partial charge >= 0.3 is 5.97 Å². The van der Waals surface area contributed by atoms with Gasteiger partial charge in [-0.2, -0.15) is 0 Å². The van der Waals surface area contributed by atoms with Crippen molar-refractivity contribution >= 4 is 17.5 Å². The van der Waals surface area contributed by atoms with E-state index in [0.29, 0.717) is 18.7 Å². The molecule has 0 bridgehead atoms. The summed E-state index contributed by atoms with van der Waals surface area (Å²) in [4.78, 5) is 19.2. The highest BCUT2D eigenvalue weighted by molar-refractivity contribution is 5.94. The average Bonchev–Trinajstić information content (AvgIpc) is 2.77. The lowest BCUT2D eigenvalue weighted by Crippen LogP contribution is -2.12. The molecule has 0 radical (unpaired) electrons. The van der Waals surface area contributed by atoms with E-state index in [9.17, 15) is 4.79 Å². The maximum Gasteiger partial charge on any atom is 0.337 e. The Morgan fingerprint density at radius 3 is 2.95 bits per heavy atom. The van der Waals surface area contributed by atoms with Gasteiger partial charge in [0, 0.05) is 32.4 Å². The van der Waals surface area contributed by atoms with Gasteiger partial charge in [0.15, 0.2) is 0 Å². The van der Waals surface area contributed by atoms with Crippen LogP contribution in [0.3, 0.4) is 0 Å². The number of imidazole rings is 1. The van der Waals surface area contributed by atoms with Crippen molar-refractivity contribution in [3.63, 3.8) is 0 Å². The Morgan fingerprint density at radius 1 is 1.53 bits per heavy atom. The molecule has 4 N–H and O–H groups in total. The van der Waals surface area contributed by atoms with Crippen molar-refractivity contribution in [2.24, 2.45) is 7.05 Å². The van der Waals surface area contributed by atoms with Crippen molar-refractivity contribution in [3.05, 3.63) is 36.0 Å². The molecule has 0 aliphatic heterocycles. The fourth-order valence-corrected chi connectivity index (χ4v) is 1.74. The van der Waals surface area contributed by atoms with Crippen LogP contribution in [0.5, 0.6) is 0 Å². The van der Waals surface area contributed by atoms with Crippen LogP contribution >= 0.6 is 0 Å². The topological polar surface area (TPSA) is 106 Å². The summed E-state index contributed by atoms with van der Waals surface area (Å²) in [7, 11) is 1.91. The number of hydrogen-bond donors (Lipinski definition) is 3. The molecular weight excluding hydrogens is 246 g/mol. The molecule has 19 heavy (non-hydrogen) atoms. The van der Waals surface area contributed by atoms with E-state index in [0.717, 1.165) is 5.82 Å². The van der Waals surface area contributed by atoms with Crippen molar-refractivity contribution < 1.29 is 9.90 Å². The maximum atomic E-state index is 11.1. The number of nitrogens with two attached hydrogens (primary N) is 1. The van der Waals surface area contributed by atoms with E-state index in [2.05, 4.69) is 15.3 Å². The summed E-state index contributed by atoms with van der Waals surface area (Å²) in [5.74, 6) is 0.0772. The van der Waals surface area contributed by atoms with Gasteiger partial charge in [-0.05, 0) is 6.07 Å². The van der Waals surface area contributed by atoms with Gasteiger partial charge in [0.25, 0.3) is 0 Å². The summed E-state index contributed by atoms with van der Waals surface area (Å²) in [6.07, 6.45) is 5.70. The molecule has 0 amide bonds. The summed E-state index contributed by atoms with van der Waals surface area (Å²) in [5, 5.41) is 12.1. The number of carboxylic acids is 1. The highest BCUT2D eigenvalue weighted by Gasteiger charge is 2.11. The largest absolute Gasteiger partial charge is 0.478 e. The van der Waals surface area contributed by atoms with Gasteiger partial charge in [-0.25, -0.2) is 14.8 Å². The van der Waals surface area contributed by atoms with Gasteiger partial charge in [-0.1, -0.05) is 0 Å². The van der Waals surface area contributed by atoms with E-state index in [1.54, 1.807) is 6.20 Å².